The number of rotatable bonds is 7. The maximum Gasteiger partial charge on any atom is 0.354 e. The van der Waals surface area contributed by atoms with Gasteiger partial charge in [0.1, 0.15) is 5.69 Å². The van der Waals surface area contributed by atoms with Gasteiger partial charge in [-0.05, 0) is 36.6 Å². The highest BCUT2D eigenvalue weighted by Gasteiger charge is 2.25. The van der Waals surface area contributed by atoms with Gasteiger partial charge in [0.15, 0.2) is 5.69 Å². The number of nitrogens with two attached hydrogens (primary N) is 1. The molecule has 0 spiro atoms. The second-order valence-electron chi connectivity index (χ2n) is 7.77. The Morgan fingerprint density at radius 1 is 0.939 bits per heavy atom. The third-order valence-electron chi connectivity index (χ3n) is 5.41. The second kappa shape index (κ2) is 9.01. The van der Waals surface area contributed by atoms with Crippen molar-refractivity contribution in [2.75, 3.05) is 0 Å². The van der Waals surface area contributed by atoms with E-state index in [1.807, 2.05) is 61.5 Å². The van der Waals surface area contributed by atoms with Gasteiger partial charge in [0.05, 0.1) is 4.90 Å². The van der Waals surface area contributed by atoms with Crippen LogP contribution in [0.1, 0.15) is 21.6 Å². The first-order chi connectivity index (χ1) is 15.7. The Morgan fingerprint density at radius 2 is 1.55 bits per heavy atom. The van der Waals surface area contributed by atoms with Crippen LogP contribution in [0.4, 0.5) is 0 Å². The predicted molar refractivity (Wildman–Crippen MR) is 126 cm³/mol. The average molecular weight is 462 g/mol. The molecule has 1 heterocycles. The third kappa shape index (κ3) is 4.87. The number of aromatic nitrogens is 2. The van der Waals surface area contributed by atoms with Crippen LogP contribution in [0.15, 0.2) is 83.8 Å². The van der Waals surface area contributed by atoms with Crippen molar-refractivity contribution < 1.29 is 18.3 Å². The van der Waals surface area contributed by atoms with E-state index in [4.69, 9.17) is 5.14 Å². The van der Waals surface area contributed by atoms with E-state index >= 15 is 0 Å². The molecule has 4 aromatic rings. The maximum absolute atomic E-state index is 12.4. The largest absolute Gasteiger partial charge is 0.477 e. The van der Waals surface area contributed by atoms with Crippen LogP contribution in [0, 0.1) is 6.92 Å². The van der Waals surface area contributed by atoms with Crippen molar-refractivity contribution in [1.29, 1.82) is 0 Å². The number of carboxylic acids is 1. The standard InChI is InChI=1S/C25H23N3O4S/c1-17-7-9-19(10-8-17)22-23(20-11-13-21(14-12-20)33(26,31)32)27-28(24(22)25(29)30)16-15-18-5-3-2-4-6-18/h2-14H,15-16H2,1H3,(H,29,30)(H2,26,31,32). The molecule has 7 nitrogen and oxygen atoms in total. The van der Waals surface area contributed by atoms with Crippen molar-refractivity contribution in [2.24, 2.45) is 5.14 Å². The summed E-state index contributed by atoms with van der Waals surface area (Å²) < 4.78 is 24.8. The number of sulfonamides is 1. The van der Waals surface area contributed by atoms with Crippen LogP contribution in [0.5, 0.6) is 0 Å². The molecule has 1 aromatic heterocycles. The smallest absolute Gasteiger partial charge is 0.354 e. The number of hydrogen-bond donors (Lipinski definition) is 2. The van der Waals surface area contributed by atoms with Crippen LogP contribution >= 0.6 is 0 Å². The molecule has 8 heteroatoms. The fraction of sp³-hybridized carbons (Fsp3) is 0.120. The van der Waals surface area contributed by atoms with E-state index in [1.54, 1.807) is 12.1 Å². The van der Waals surface area contributed by atoms with Crippen molar-refractivity contribution in [3.05, 3.63) is 95.7 Å². The third-order valence-corrected chi connectivity index (χ3v) is 6.34. The molecular formula is C25H23N3O4S. The molecule has 0 saturated heterocycles. The number of nitrogens with zero attached hydrogens (tertiary/aromatic N) is 2. The zero-order valence-corrected chi connectivity index (χ0v) is 18.8. The van der Waals surface area contributed by atoms with Crippen molar-refractivity contribution in [2.45, 2.75) is 24.8 Å². The van der Waals surface area contributed by atoms with Gasteiger partial charge in [0.2, 0.25) is 10.0 Å². The Labute approximate surface area is 192 Å². The minimum absolute atomic E-state index is 0.0231. The van der Waals surface area contributed by atoms with Gasteiger partial charge in [0, 0.05) is 17.7 Å². The molecule has 0 saturated carbocycles. The molecule has 0 fully saturated rings. The lowest BCUT2D eigenvalue weighted by molar-refractivity contribution is 0.0684. The molecule has 4 rings (SSSR count). The molecule has 0 unspecified atom stereocenters. The molecule has 0 atom stereocenters. The highest BCUT2D eigenvalue weighted by atomic mass is 32.2. The van der Waals surface area contributed by atoms with Crippen LogP contribution in [0.2, 0.25) is 0 Å². The highest BCUT2D eigenvalue weighted by molar-refractivity contribution is 7.89. The first-order valence-corrected chi connectivity index (χ1v) is 11.9. The van der Waals surface area contributed by atoms with Crippen LogP contribution in [-0.4, -0.2) is 29.3 Å². The summed E-state index contributed by atoms with van der Waals surface area (Å²) in [6.45, 7) is 2.33. The lowest BCUT2D eigenvalue weighted by Gasteiger charge is -2.07. The summed E-state index contributed by atoms with van der Waals surface area (Å²) >= 11 is 0. The second-order valence-corrected chi connectivity index (χ2v) is 9.33. The highest BCUT2D eigenvalue weighted by Crippen LogP contribution is 2.35. The van der Waals surface area contributed by atoms with Crippen LogP contribution in [0.3, 0.4) is 0 Å². The van der Waals surface area contributed by atoms with Gasteiger partial charge in [-0.2, -0.15) is 5.10 Å². The summed E-state index contributed by atoms with van der Waals surface area (Å²) in [7, 11) is -3.84. The first-order valence-electron chi connectivity index (χ1n) is 10.3. The Hall–Kier alpha value is -3.75. The molecule has 0 amide bonds. The average Bonchev–Trinajstić information content (AvgIpc) is 3.18. The molecule has 3 N–H and O–H groups in total. The Bertz CT molecular complexity index is 1390. The SMILES string of the molecule is Cc1ccc(-c2c(-c3ccc(S(N)(=O)=O)cc3)nn(CCc3ccccc3)c2C(=O)O)cc1. The van der Waals surface area contributed by atoms with Crippen molar-refractivity contribution in [3.63, 3.8) is 0 Å². The van der Waals surface area contributed by atoms with Gasteiger partial charge in [0.25, 0.3) is 0 Å². The molecule has 3 aromatic carbocycles. The van der Waals surface area contributed by atoms with Gasteiger partial charge in [-0.3, -0.25) is 4.68 Å². The van der Waals surface area contributed by atoms with E-state index in [1.165, 1.54) is 16.8 Å². The number of aromatic carboxylic acids is 1. The van der Waals surface area contributed by atoms with E-state index in [9.17, 15) is 18.3 Å². The summed E-state index contributed by atoms with van der Waals surface area (Å²) in [6, 6.07) is 23.3. The lowest BCUT2D eigenvalue weighted by atomic mass is 9.98. The Morgan fingerprint density at radius 3 is 2.12 bits per heavy atom. The predicted octanol–water partition coefficient (Wildman–Crippen LogP) is 4.11. The fourth-order valence-corrected chi connectivity index (χ4v) is 4.23. The first kappa shape index (κ1) is 22.4. The quantitative estimate of drug-likeness (QED) is 0.430. The number of benzene rings is 3. The monoisotopic (exact) mass is 461 g/mol. The zero-order valence-electron chi connectivity index (χ0n) is 18.0. The van der Waals surface area contributed by atoms with E-state index < -0.39 is 16.0 Å². The van der Waals surface area contributed by atoms with Gasteiger partial charge >= 0.3 is 5.97 Å². The minimum atomic E-state index is -3.84. The fourth-order valence-electron chi connectivity index (χ4n) is 3.72. The van der Waals surface area contributed by atoms with Gasteiger partial charge in [-0.15, -0.1) is 0 Å². The number of carboxylic acid groups (broad SMARTS) is 1. The minimum Gasteiger partial charge on any atom is -0.477 e. The molecule has 0 aliphatic rings. The van der Waals surface area contributed by atoms with Crippen LogP contribution in [-0.2, 0) is 23.0 Å². The Balaban J connectivity index is 1.86. The van der Waals surface area contributed by atoms with E-state index in [0.29, 0.717) is 29.8 Å². The van der Waals surface area contributed by atoms with Crippen molar-refractivity contribution in [1.82, 2.24) is 9.78 Å². The summed E-state index contributed by atoms with van der Waals surface area (Å²) in [6.07, 6.45) is 0.611. The topological polar surface area (TPSA) is 115 Å². The molecule has 0 aliphatic heterocycles. The van der Waals surface area contributed by atoms with E-state index in [-0.39, 0.29) is 10.6 Å². The van der Waals surface area contributed by atoms with Crippen LogP contribution in [0.25, 0.3) is 22.4 Å². The maximum atomic E-state index is 12.4. The number of carbonyl (C=O) groups is 1. The van der Waals surface area contributed by atoms with Crippen molar-refractivity contribution in [3.8, 4) is 22.4 Å². The summed E-state index contributed by atoms with van der Waals surface area (Å²) in [5.41, 5.74) is 4.46. The van der Waals surface area contributed by atoms with Gasteiger partial charge in [-0.1, -0.05) is 72.3 Å². The molecule has 0 radical (unpaired) electrons. The number of aryl methyl sites for hydroxylation is 3. The summed E-state index contributed by atoms with van der Waals surface area (Å²) in [5.74, 6) is -1.08. The molecular weight excluding hydrogens is 438 g/mol. The lowest BCUT2D eigenvalue weighted by Crippen LogP contribution is -2.12. The normalized spacial score (nSPS) is 11.5. The van der Waals surface area contributed by atoms with Gasteiger partial charge < -0.3 is 5.11 Å². The number of hydrogen-bond acceptors (Lipinski definition) is 4. The molecule has 33 heavy (non-hydrogen) atoms. The van der Waals surface area contributed by atoms with E-state index in [0.717, 1.165) is 16.7 Å². The van der Waals surface area contributed by atoms with Crippen LogP contribution < -0.4 is 5.14 Å². The Kier molecular flexibility index (Phi) is 6.13. The zero-order chi connectivity index (χ0) is 23.6. The van der Waals surface area contributed by atoms with Gasteiger partial charge in [-0.25, -0.2) is 18.4 Å². The van der Waals surface area contributed by atoms with E-state index in [2.05, 4.69) is 5.10 Å². The number of primary sulfonamides is 1. The summed E-state index contributed by atoms with van der Waals surface area (Å²) in [5, 5.41) is 20.0. The molecule has 0 bridgehead atoms. The van der Waals surface area contributed by atoms with Crippen molar-refractivity contribution >= 4 is 16.0 Å². The molecule has 168 valence electrons. The summed E-state index contributed by atoms with van der Waals surface area (Å²) in [4.78, 5) is 12.3. The molecule has 0 aliphatic carbocycles.